The summed E-state index contributed by atoms with van der Waals surface area (Å²) < 4.78 is 1.10. The van der Waals surface area contributed by atoms with Crippen LogP contribution in [0.5, 0.6) is 0 Å². The average Bonchev–Trinajstić information content (AvgIpc) is 2.73. The van der Waals surface area contributed by atoms with Crippen molar-refractivity contribution in [3.05, 3.63) is 97.5 Å². The first-order valence-corrected chi connectivity index (χ1v) is 8.36. The number of benzene rings is 3. The Morgan fingerprint density at radius 1 is 0.600 bits per heavy atom. The molecule has 25 heavy (non-hydrogen) atoms. The van der Waals surface area contributed by atoms with Crippen LogP contribution in [0.1, 0.15) is 0 Å². The van der Waals surface area contributed by atoms with Crippen LogP contribution in [0.4, 0.5) is 0 Å². The predicted octanol–water partition coefficient (Wildman–Crippen LogP) is 4.81. The van der Waals surface area contributed by atoms with Gasteiger partial charge in [0.2, 0.25) is 0 Å². The third-order valence-electron chi connectivity index (χ3n) is 4.18. The van der Waals surface area contributed by atoms with E-state index in [2.05, 4.69) is 0 Å². The second kappa shape index (κ2) is 6.03. The fourth-order valence-corrected chi connectivity index (χ4v) is 3.41. The van der Waals surface area contributed by atoms with Crippen LogP contribution < -0.4 is 11.1 Å². The Balaban J connectivity index is 2.36. The zero-order valence-electron chi connectivity index (χ0n) is 12.9. The maximum atomic E-state index is 13.2. The van der Waals surface area contributed by atoms with Crippen molar-refractivity contribution in [2.45, 2.75) is 0 Å². The van der Waals surface area contributed by atoms with Crippen molar-refractivity contribution in [3.63, 3.8) is 0 Å². The van der Waals surface area contributed by atoms with E-state index in [1.807, 2.05) is 24.3 Å². The third kappa shape index (κ3) is 2.44. The van der Waals surface area contributed by atoms with Gasteiger partial charge in [-0.15, -0.1) is 0 Å². The molecular weight excluding hydrogens is 357 g/mol. The topological polar surface area (TPSA) is 39.1 Å². The highest BCUT2D eigenvalue weighted by atomic mass is 35.5. The molecule has 0 radical (unpaired) electrons. The molecule has 0 aliphatic rings. The molecule has 4 rings (SSSR count). The highest BCUT2D eigenvalue weighted by Gasteiger charge is 2.15. The highest BCUT2D eigenvalue weighted by molar-refractivity contribution is 6.43. The van der Waals surface area contributed by atoms with Gasteiger partial charge in [0.1, 0.15) is 0 Å². The largest absolute Gasteiger partial charge is 0.268 e. The van der Waals surface area contributed by atoms with Gasteiger partial charge in [-0.05, 0) is 35.0 Å². The van der Waals surface area contributed by atoms with Crippen LogP contribution in [0, 0.1) is 0 Å². The van der Waals surface area contributed by atoms with E-state index in [-0.39, 0.29) is 15.7 Å². The second-order valence-corrected chi connectivity index (χ2v) is 6.39. The Bertz CT molecular complexity index is 1190. The van der Waals surface area contributed by atoms with Gasteiger partial charge >= 0.3 is 0 Å². The molecule has 0 spiro atoms. The van der Waals surface area contributed by atoms with Crippen molar-refractivity contribution in [1.82, 2.24) is 4.57 Å². The molecule has 1 heterocycles. The van der Waals surface area contributed by atoms with E-state index in [1.54, 1.807) is 42.5 Å². The van der Waals surface area contributed by atoms with E-state index in [1.165, 1.54) is 0 Å². The van der Waals surface area contributed by atoms with E-state index in [0.29, 0.717) is 10.8 Å². The Labute approximate surface area is 152 Å². The summed E-state index contributed by atoms with van der Waals surface area (Å²) in [5, 5.41) is 2.77. The number of nitrogens with zero attached hydrogens (tertiary/aromatic N) is 1. The number of rotatable bonds is 1. The van der Waals surface area contributed by atoms with Crippen LogP contribution in [0.3, 0.4) is 0 Å². The zero-order chi connectivity index (χ0) is 17.6. The molecule has 1 aromatic heterocycles. The SMILES string of the molecule is O=c1c2ccccc2c2ccccc2c(=O)n1-c1cccc(Cl)c1Cl. The van der Waals surface area contributed by atoms with Crippen molar-refractivity contribution in [1.29, 1.82) is 0 Å². The molecule has 0 bridgehead atoms. The maximum absolute atomic E-state index is 13.2. The molecule has 3 aromatic carbocycles. The van der Waals surface area contributed by atoms with E-state index >= 15 is 0 Å². The summed E-state index contributed by atoms with van der Waals surface area (Å²) in [5.74, 6) is 0. The molecule has 122 valence electrons. The minimum Gasteiger partial charge on any atom is -0.268 e. The van der Waals surface area contributed by atoms with E-state index < -0.39 is 11.1 Å². The minimum absolute atomic E-state index is 0.169. The Morgan fingerprint density at radius 3 is 1.60 bits per heavy atom. The lowest BCUT2D eigenvalue weighted by Gasteiger charge is -2.06. The van der Waals surface area contributed by atoms with Gasteiger partial charge in [0.05, 0.1) is 15.7 Å². The molecule has 0 fully saturated rings. The van der Waals surface area contributed by atoms with E-state index in [0.717, 1.165) is 15.3 Å². The lowest BCUT2D eigenvalue weighted by Crippen LogP contribution is -2.28. The number of fused-ring (bicyclic) bond motifs is 3. The summed E-state index contributed by atoms with van der Waals surface area (Å²) >= 11 is 12.4. The molecule has 0 aliphatic heterocycles. The quantitative estimate of drug-likeness (QED) is 0.484. The van der Waals surface area contributed by atoms with Gasteiger partial charge in [-0.1, -0.05) is 65.7 Å². The van der Waals surface area contributed by atoms with Crippen LogP contribution in [-0.2, 0) is 0 Å². The second-order valence-electron chi connectivity index (χ2n) is 5.61. The summed E-state index contributed by atoms with van der Waals surface area (Å²) in [6, 6.07) is 19.2. The van der Waals surface area contributed by atoms with Crippen LogP contribution in [0.25, 0.3) is 27.2 Å². The summed E-state index contributed by atoms with van der Waals surface area (Å²) in [4.78, 5) is 26.4. The number of halogens is 2. The number of hydrogen-bond donors (Lipinski definition) is 0. The molecule has 0 atom stereocenters. The number of hydrogen-bond acceptors (Lipinski definition) is 2. The van der Waals surface area contributed by atoms with Crippen LogP contribution in [0.2, 0.25) is 10.0 Å². The summed E-state index contributed by atoms with van der Waals surface area (Å²) in [6.07, 6.45) is 0. The van der Waals surface area contributed by atoms with Crippen LogP contribution >= 0.6 is 23.2 Å². The van der Waals surface area contributed by atoms with Gasteiger partial charge < -0.3 is 0 Å². The first-order chi connectivity index (χ1) is 12.1. The van der Waals surface area contributed by atoms with Crippen LogP contribution in [0.15, 0.2) is 76.3 Å². The van der Waals surface area contributed by atoms with Gasteiger partial charge in [0, 0.05) is 10.8 Å². The number of aromatic nitrogens is 1. The Kier molecular flexibility index (Phi) is 3.83. The smallest absolute Gasteiger partial charge is 0.266 e. The predicted molar refractivity (Wildman–Crippen MR) is 103 cm³/mol. The average molecular weight is 368 g/mol. The summed E-state index contributed by atoms with van der Waals surface area (Å²) in [6.45, 7) is 0. The highest BCUT2D eigenvalue weighted by Crippen LogP contribution is 2.28. The van der Waals surface area contributed by atoms with Gasteiger partial charge in [-0.2, -0.15) is 0 Å². The fraction of sp³-hybridized carbons (Fsp3) is 0. The van der Waals surface area contributed by atoms with Gasteiger partial charge in [0.25, 0.3) is 11.1 Å². The molecule has 4 aromatic rings. The van der Waals surface area contributed by atoms with Crippen molar-refractivity contribution in [3.8, 4) is 5.69 Å². The fourth-order valence-electron chi connectivity index (χ4n) is 3.03. The molecule has 0 saturated heterocycles. The maximum Gasteiger partial charge on any atom is 0.266 e. The van der Waals surface area contributed by atoms with Gasteiger partial charge in [-0.25, -0.2) is 4.57 Å². The lowest BCUT2D eigenvalue weighted by atomic mass is 10.1. The van der Waals surface area contributed by atoms with Gasteiger partial charge in [-0.3, -0.25) is 9.59 Å². The minimum atomic E-state index is -0.430. The molecular formula is C20H11Cl2NO2. The van der Waals surface area contributed by atoms with E-state index in [4.69, 9.17) is 23.2 Å². The molecule has 5 heteroatoms. The molecule has 0 unspecified atom stereocenters. The Morgan fingerprint density at radius 2 is 1.08 bits per heavy atom. The van der Waals surface area contributed by atoms with Crippen molar-refractivity contribution < 1.29 is 0 Å². The van der Waals surface area contributed by atoms with Crippen molar-refractivity contribution in [2.24, 2.45) is 0 Å². The first kappa shape index (κ1) is 15.9. The summed E-state index contributed by atoms with van der Waals surface area (Å²) in [5.41, 5.74) is -0.586. The van der Waals surface area contributed by atoms with Gasteiger partial charge in [0.15, 0.2) is 0 Å². The molecule has 0 amide bonds. The lowest BCUT2D eigenvalue weighted by molar-refractivity contribution is 0.976. The first-order valence-electron chi connectivity index (χ1n) is 7.61. The molecule has 0 saturated carbocycles. The Hall–Kier alpha value is -2.62. The zero-order valence-corrected chi connectivity index (χ0v) is 14.4. The normalized spacial score (nSPS) is 11.1. The van der Waals surface area contributed by atoms with Crippen LogP contribution in [-0.4, -0.2) is 4.57 Å². The molecule has 0 aliphatic carbocycles. The third-order valence-corrected chi connectivity index (χ3v) is 4.99. The summed E-state index contributed by atoms with van der Waals surface area (Å²) in [7, 11) is 0. The monoisotopic (exact) mass is 367 g/mol. The molecule has 3 nitrogen and oxygen atoms in total. The van der Waals surface area contributed by atoms with Crippen molar-refractivity contribution in [2.75, 3.05) is 0 Å². The van der Waals surface area contributed by atoms with E-state index in [9.17, 15) is 9.59 Å². The standard InChI is InChI=1S/C20H11Cl2NO2/c21-16-10-5-11-17(18(16)22)23-19(24)14-8-3-1-6-12(14)13-7-2-4-9-15(13)20(23)25/h1-11H. The molecule has 0 N–H and O–H groups in total. The van der Waals surface area contributed by atoms with Crippen molar-refractivity contribution >= 4 is 44.7 Å².